The molecule has 0 aliphatic rings. The van der Waals surface area contributed by atoms with Crippen LogP contribution in [0.5, 0.6) is 0 Å². The second-order valence-electron chi connectivity index (χ2n) is 3.08. The summed E-state index contributed by atoms with van der Waals surface area (Å²) < 4.78 is 14.0. The van der Waals surface area contributed by atoms with Crippen molar-refractivity contribution in [1.82, 2.24) is 9.55 Å². The predicted molar refractivity (Wildman–Crippen MR) is 57.6 cm³/mol. The molecule has 4 nitrogen and oxygen atoms in total. The Morgan fingerprint density at radius 1 is 1.19 bits per heavy atom. The standard InChI is InChI=1S/C10H6ClFN2O2/c11-6-1-3-7(4-2-6)14-5-8(12)9(15)13-10(14)16/h1-5H,(H,13,15,16). The van der Waals surface area contributed by atoms with E-state index in [2.05, 4.69) is 0 Å². The summed E-state index contributed by atoms with van der Waals surface area (Å²) in [6.45, 7) is 0. The Morgan fingerprint density at radius 3 is 2.44 bits per heavy atom. The molecule has 0 aliphatic carbocycles. The van der Waals surface area contributed by atoms with E-state index >= 15 is 0 Å². The third-order valence-corrected chi connectivity index (χ3v) is 2.26. The zero-order valence-electron chi connectivity index (χ0n) is 7.91. The number of halogens is 2. The third-order valence-electron chi connectivity index (χ3n) is 2.00. The molecule has 1 N–H and O–H groups in total. The highest BCUT2D eigenvalue weighted by Gasteiger charge is 2.05. The molecule has 0 unspecified atom stereocenters. The molecule has 6 heteroatoms. The molecule has 0 atom stereocenters. The zero-order valence-corrected chi connectivity index (χ0v) is 8.66. The fraction of sp³-hybridized carbons (Fsp3) is 0. The average molecular weight is 241 g/mol. The molecule has 0 amide bonds. The van der Waals surface area contributed by atoms with Crippen molar-refractivity contribution in [3.8, 4) is 5.69 Å². The molecular formula is C10H6ClFN2O2. The fourth-order valence-electron chi connectivity index (χ4n) is 1.24. The highest BCUT2D eigenvalue weighted by molar-refractivity contribution is 6.30. The summed E-state index contributed by atoms with van der Waals surface area (Å²) in [5.74, 6) is -1.02. The molecule has 2 rings (SSSR count). The second-order valence-corrected chi connectivity index (χ2v) is 3.52. The molecule has 0 radical (unpaired) electrons. The lowest BCUT2D eigenvalue weighted by molar-refractivity contribution is 0.587. The number of hydrogen-bond acceptors (Lipinski definition) is 2. The largest absolute Gasteiger partial charge is 0.333 e. The highest BCUT2D eigenvalue weighted by Crippen LogP contribution is 2.11. The Hall–Kier alpha value is -1.88. The number of aromatic nitrogens is 2. The molecule has 1 aromatic heterocycles. The zero-order chi connectivity index (χ0) is 11.7. The summed E-state index contributed by atoms with van der Waals surface area (Å²) in [6, 6.07) is 6.21. The van der Waals surface area contributed by atoms with Crippen LogP contribution in [-0.2, 0) is 0 Å². The molecule has 1 aromatic carbocycles. The summed E-state index contributed by atoms with van der Waals surface area (Å²) in [5, 5.41) is 0.502. The number of H-pyrrole nitrogens is 1. The lowest BCUT2D eigenvalue weighted by atomic mass is 10.3. The Bertz CT molecular complexity index is 631. The first-order valence-electron chi connectivity index (χ1n) is 4.35. The molecule has 0 spiro atoms. The number of rotatable bonds is 1. The number of nitrogens with one attached hydrogen (secondary N) is 1. The summed E-state index contributed by atoms with van der Waals surface area (Å²) in [5.41, 5.74) is -1.31. The lowest BCUT2D eigenvalue weighted by Gasteiger charge is -2.04. The average Bonchev–Trinajstić information content (AvgIpc) is 2.25. The van der Waals surface area contributed by atoms with Crippen LogP contribution in [0, 0.1) is 5.82 Å². The molecule has 0 saturated carbocycles. The van der Waals surface area contributed by atoms with Gasteiger partial charge >= 0.3 is 5.69 Å². The first-order valence-corrected chi connectivity index (χ1v) is 4.73. The summed E-state index contributed by atoms with van der Waals surface area (Å²) in [4.78, 5) is 24.1. The lowest BCUT2D eigenvalue weighted by Crippen LogP contribution is -2.30. The van der Waals surface area contributed by atoms with E-state index in [-0.39, 0.29) is 0 Å². The first kappa shape index (κ1) is 10.6. The smallest absolute Gasteiger partial charge is 0.271 e. The van der Waals surface area contributed by atoms with Crippen LogP contribution in [0.2, 0.25) is 5.02 Å². The van der Waals surface area contributed by atoms with E-state index in [1.54, 1.807) is 24.3 Å². The van der Waals surface area contributed by atoms with Crippen LogP contribution in [0.25, 0.3) is 5.69 Å². The second kappa shape index (κ2) is 3.94. The van der Waals surface area contributed by atoms with Crippen LogP contribution in [0.1, 0.15) is 0 Å². The van der Waals surface area contributed by atoms with Crippen molar-refractivity contribution in [2.24, 2.45) is 0 Å². The van der Waals surface area contributed by atoms with Crippen molar-refractivity contribution in [2.45, 2.75) is 0 Å². The minimum absolute atomic E-state index is 0.421. The molecule has 16 heavy (non-hydrogen) atoms. The topological polar surface area (TPSA) is 54.9 Å². The molecule has 0 saturated heterocycles. The number of aromatic amines is 1. The van der Waals surface area contributed by atoms with Crippen molar-refractivity contribution in [1.29, 1.82) is 0 Å². The fourth-order valence-corrected chi connectivity index (χ4v) is 1.37. The van der Waals surface area contributed by atoms with E-state index in [0.29, 0.717) is 10.7 Å². The van der Waals surface area contributed by atoms with Crippen LogP contribution in [0.4, 0.5) is 4.39 Å². The molecular weight excluding hydrogens is 235 g/mol. The summed E-state index contributed by atoms with van der Waals surface area (Å²) in [7, 11) is 0. The van der Waals surface area contributed by atoms with Crippen molar-refractivity contribution in [2.75, 3.05) is 0 Å². The van der Waals surface area contributed by atoms with Gasteiger partial charge in [0.1, 0.15) is 0 Å². The van der Waals surface area contributed by atoms with Gasteiger partial charge in [0.2, 0.25) is 5.82 Å². The third kappa shape index (κ3) is 1.90. The first-order chi connectivity index (χ1) is 7.58. The number of hydrogen-bond donors (Lipinski definition) is 1. The van der Waals surface area contributed by atoms with E-state index in [1.807, 2.05) is 4.98 Å². The van der Waals surface area contributed by atoms with Gasteiger partial charge in [0.25, 0.3) is 5.56 Å². The van der Waals surface area contributed by atoms with Crippen LogP contribution in [0.3, 0.4) is 0 Å². The maximum Gasteiger partial charge on any atom is 0.333 e. The van der Waals surface area contributed by atoms with Gasteiger partial charge in [-0.2, -0.15) is 4.39 Å². The molecule has 0 fully saturated rings. The van der Waals surface area contributed by atoms with E-state index < -0.39 is 17.1 Å². The number of nitrogens with zero attached hydrogens (tertiary/aromatic N) is 1. The van der Waals surface area contributed by atoms with Gasteiger partial charge in [0.15, 0.2) is 0 Å². The van der Waals surface area contributed by atoms with Gasteiger partial charge in [-0.1, -0.05) is 11.6 Å². The Kier molecular flexibility index (Phi) is 2.62. The SMILES string of the molecule is O=c1[nH]c(=O)n(-c2ccc(Cl)cc2)cc1F. The van der Waals surface area contributed by atoms with E-state index in [0.717, 1.165) is 10.8 Å². The van der Waals surface area contributed by atoms with Gasteiger partial charge in [0.05, 0.1) is 11.9 Å². The minimum Gasteiger partial charge on any atom is -0.271 e. The Labute approximate surface area is 93.9 Å². The van der Waals surface area contributed by atoms with E-state index in [9.17, 15) is 14.0 Å². The molecule has 1 heterocycles. The van der Waals surface area contributed by atoms with Crippen molar-refractivity contribution >= 4 is 11.6 Å². The summed E-state index contributed by atoms with van der Waals surface area (Å²) in [6.07, 6.45) is 0.838. The molecule has 82 valence electrons. The van der Waals surface area contributed by atoms with Crippen molar-refractivity contribution < 1.29 is 4.39 Å². The normalized spacial score (nSPS) is 10.4. The van der Waals surface area contributed by atoms with Gasteiger partial charge in [-0.25, -0.2) is 4.79 Å². The van der Waals surface area contributed by atoms with Gasteiger partial charge < -0.3 is 0 Å². The number of benzene rings is 1. The van der Waals surface area contributed by atoms with Gasteiger partial charge in [-0.05, 0) is 24.3 Å². The van der Waals surface area contributed by atoms with Gasteiger partial charge in [0, 0.05) is 5.02 Å². The van der Waals surface area contributed by atoms with E-state index in [4.69, 9.17) is 11.6 Å². The quantitative estimate of drug-likeness (QED) is 0.817. The molecule has 0 bridgehead atoms. The maximum atomic E-state index is 13.0. The van der Waals surface area contributed by atoms with Crippen LogP contribution < -0.4 is 11.2 Å². The monoisotopic (exact) mass is 240 g/mol. The Balaban J connectivity index is 2.65. The Morgan fingerprint density at radius 2 is 1.81 bits per heavy atom. The molecule has 2 aromatic rings. The van der Waals surface area contributed by atoms with E-state index in [1.165, 1.54) is 0 Å². The van der Waals surface area contributed by atoms with Crippen molar-refractivity contribution in [3.63, 3.8) is 0 Å². The molecule has 0 aliphatic heterocycles. The summed E-state index contributed by atoms with van der Waals surface area (Å²) >= 11 is 5.68. The van der Waals surface area contributed by atoms with Crippen molar-refractivity contribution in [3.05, 3.63) is 62.1 Å². The highest BCUT2D eigenvalue weighted by atomic mass is 35.5. The van der Waals surface area contributed by atoms with Gasteiger partial charge in [-0.15, -0.1) is 0 Å². The predicted octanol–water partition coefficient (Wildman–Crippen LogP) is 1.32. The minimum atomic E-state index is -1.03. The van der Waals surface area contributed by atoms with Crippen LogP contribution in [0.15, 0.2) is 40.1 Å². The maximum absolute atomic E-state index is 13.0. The van der Waals surface area contributed by atoms with Crippen LogP contribution in [-0.4, -0.2) is 9.55 Å². The van der Waals surface area contributed by atoms with Crippen LogP contribution >= 0.6 is 11.6 Å². The van der Waals surface area contributed by atoms with Gasteiger partial charge in [-0.3, -0.25) is 14.3 Å².